The molecule has 0 aliphatic carbocycles. The largest absolute Gasteiger partial charge is 0.465 e. The summed E-state index contributed by atoms with van der Waals surface area (Å²) in [5.41, 5.74) is 2.26. The molecule has 106 valence electrons. The van der Waals surface area contributed by atoms with Gasteiger partial charge in [-0.25, -0.2) is 4.79 Å². The van der Waals surface area contributed by atoms with Gasteiger partial charge in [-0.15, -0.1) is 0 Å². The molecule has 2 rings (SSSR count). The Hall–Kier alpha value is -2.37. The fourth-order valence-electron chi connectivity index (χ4n) is 1.83. The van der Waals surface area contributed by atoms with Crippen molar-refractivity contribution >= 4 is 11.7 Å². The molecule has 20 heavy (non-hydrogen) atoms. The number of esters is 1. The maximum atomic E-state index is 11.8. The SMILES string of the molecule is CCc1ccc(NCc2nc(C)no2)c(C(=O)OC)c1. The first-order chi connectivity index (χ1) is 9.63. The van der Waals surface area contributed by atoms with E-state index in [2.05, 4.69) is 15.5 Å². The fourth-order valence-corrected chi connectivity index (χ4v) is 1.83. The third kappa shape index (κ3) is 3.14. The van der Waals surface area contributed by atoms with Gasteiger partial charge in [0.25, 0.3) is 0 Å². The molecule has 0 saturated carbocycles. The van der Waals surface area contributed by atoms with Gasteiger partial charge in [-0.3, -0.25) is 0 Å². The van der Waals surface area contributed by atoms with Crippen LogP contribution in [0.15, 0.2) is 22.7 Å². The third-order valence-electron chi connectivity index (χ3n) is 2.90. The first kappa shape index (κ1) is 14.0. The molecule has 0 aliphatic heterocycles. The van der Waals surface area contributed by atoms with Gasteiger partial charge in [0, 0.05) is 5.69 Å². The number of rotatable bonds is 5. The molecule has 0 atom stereocenters. The van der Waals surface area contributed by atoms with E-state index < -0.39 is 0 Å². The zero-order valence-electron chi connectivity index (χ0n) is 11.8. The molecule has 0 amide bonds. The Balaban J connectivity index is 2.19. The van der Waals surface area contributed by atoms with Crippen LogP contribution in [0.1, 0.15) is 34.6 Å². The third-order valence-corrected chi connectivity index (χ3v) is 2.90. The van der Waals surface area contributed by atoms with Crippen molar-refractivity contribution in [1.82, 2.24) is 10.1 Å². The Kier molecular flexibility index (Phi) is 4.34. The highest BCUT2D eigenvalue weighted by atomic mass is 16.5. The summed E-state index contributed by atoms with van der Waals surface area (Å²) >= 11 is 0. The zero-order chi connectivity index (χ0) is 14.5. The molecular weight excluding hydrogens is 258 g/mol. The van der Waals surface area contributed by atoms with E-state index >= 15 is 0 Å². The Morgan fingerprint density at radius 3 is 2.85 bits per heavy atom. The van der Waals surface area contributed by atoms with E-state index in [0.717, 1.165) is 12.0 Å². The normalized spacial score (nSPS) is 10.3. The summed E-state index contributed by atoms with van der Waals surface area (Å²) in [6.07, 6.45) is 0.854. The molecule has 1 N–H and O–H groups in total. The number of hydrogen-bond donors (Lipinski definition) is 1. The Morgan fingerprint density at radius 2 is 2.25 bits per heavy atom. The van der Waals surface area contributed by atoms with Gasteiger partial charge in [0.1, 0.15) is 0 Å². The number of methoxy groups -OCH3 is 1. The van der Waals surface area contributed by atoms with Gasteiger partial charge in [-0.1, -0.05) is 18.1 Å². The number of aryl methyl sites for hydroxylation is 2. The molecular formula is C14H17N3O3. The predicted molar refractivity (Wildman–Crippen MR) is 73.5 cm³/mol. The van der Waals surface area contributed by atoms with Crippen molar-refractivity contribution in [3.05, 3.63) is 41.0 Å². The van der Waals surface area contributed by atoms with Crippen molar-refractivity contribution in [3.8, 4) is 0 Å². The number of carbonyl (C=O) groups excluding carboxylic acids is 1. The molecule has 1 heterocycles. The van der Waals surface area contributed by atoms with Crippen molar-refractivity contribution in [2.45, 2.75) is 26.8 Å². The average Bonchev–Trinajstić information content (AvgIpc) is 2.89. The summed E-state index contributed by atoms with van der Waals surface area (Å²) in [5, 5.41) is 6.82. The molecule has 6 heteroatoms. The first-order valence-corrected chi connectivity index (χ1v) is 6.38. The van der Waals surface area contributed by atoms with Crippen LogP contribution < -0.4 is 5.32 Å². The predicted octanol–water partition coefficient (Wildman–Crippen LogP) is 2.34. The summed E-state index contributed by atoms with van der Waals surface area (Å²) < 4.78 is 9.82. The Bertz CT molecular complexity index is 607. The van der Waals surface area contributed by atoms with Gasteiger partial charge in [0.15, 0.2) is 5.82 Å². The van der Waals surface area contributed by atoms with Crippen molar-refractivity contribution in [2.75, 3.05) is 12.4 Å². The van der Waals surface area contributed by atoms with E-state index in [1.807, 2.05) is 25.1 Å². The second-order valence-electron chi connectivity index (χ2n) is 4.31. The lowest BCUT2D eigenvalue weighted by molar-refractivity contribution is 0.0601. The Labute approximate surface area is 117 Å². The van der Waals surface area contributed by atoms with Crippen LogP contribution in [0.2, 0.25) is 0 Å². The molecule has 0 radical (unpaired) electrons. The Morgan fingerprint density at radius 1 is 1.45 bits per heavy atom. The number of hydrogen-bond acceptors (Lipinski definition) is 6. The molecule has 1 aromatic heterocycles. The molecule has 0 saturated heterocycles. The number of aromatic nitrogens is 2. The lowest BCUT2D eigenvalue weighted by atomic mass is 10.1. The van der Waals surface area contributed by atoms with E-state index in [-0.39, 0.29) is 5.97 Å². The highest BCUT2D eigenvalue weighted by Gasteiger charge is 2.13. The minimum absolute atomic E-state index is 0.357. The van der Waals surface area contributed by atoms with E-state index in [0.29, 0.717) is 29.5 Å². The number of nitrogens with one attached hydrogen (secondary N) is 1. The van der Waals surface area contributed by atoms with Crippen molar-refractivity contribution in [1.29, 1.82) is 0 Å². The topological polar surface area (TPSA) is 77.3 Å². The van der Waals surface area contributed by atoms with Crippen LogP contribution >= 0.6 is 0 Å². The van der Waals surface area contributed by atoms with Crippen LogP contribution in [-0.2, 0) is 17.7 Å². The maximum Gasteiger partial charge on any atom is 0.339 e. The maximum absolute atomic E-state index is 11.8. The lowest BCUT2D eigenvalue weighted by Gasteiger charge is -2.10. The zero-order valence-corrected chi connectivity index (χ0v) is 11.8. The number of nitrogens with zero attached hydrogens (tertiary/aromatic N) is 2. The summed E-state index contributed by atoms with van der Waals surface area (Å²) in [6, 6.07) is 5.65. The molecule has 6 nitrogen and oxygen atoms in total. The van der Waals surface area contributed by atoms with Crippen LogP contribution in [0.4, 0.5) is 5.69 Å². The molecule has 0 unspecified atom stereocenters. The quantitative estimate of drug-likeness (QED) is 0.844. The van der Waals surface area contributed by atoms with Crippen molar-refractivity contribution < 1.29 is 14.1 Å². The molecule has 0 fully saturated rings. The van der Waals surface area contributed by atoms with Gasteiger partial charge < -0.3 is 14.6 Å². The average molecular weight is 275 g/mol. The van der Waals surface area contributed by atoms with Crippen molar-refractivity contribution in [3.63, 3.8) is 0 Å². The van der Waals surface area contributed by atoms with E-state index in [1.165, 1.54) is 7.11 Å². The second kappa shape index (κ2) is 6.18. The van der Waals surface area contributed by atoms with Gasteiger partial charge in [0.05, 0.1) is 19.2 Å². The van der Waals surface area contributed by atoms with Gasteiger partial charge >= 0.3 is 5.97 Å². The van der Waals surface area contributed by atoms with E-state index in [1.54, 1.807) is 6.92 Å². The first-order valence-electron chi connectivity index (χ1n) is 6.38. The highest BCUT2D eigenvalue weighted by Crippen LogP contribution is 2.20. The molecule has 1 aromatic carbocycles. The standard InChI is InChI=1S/C14H17N3O3/c1-4-10-5-6-12(11(7-10)14(18)19-3)15-8-13-16-9(2)17-20-13/h5-7,15H,4,8H2,1-3H3. The van der Waals surface area contributed by atoms with E-state index in [4.69, 9.17) is 9.26 Å². The number of carbonyl (C=O) groups is 1. The van der Waals surface area contributed by atoms with Gasteiger partial charge in [-0.2, -0.15) is 4.98 Å². The molecule has 2 aromatic rings. The fraction of sp³-hybridized carbons (Fsp3) is 0.357. The van der Waals surface area contributed by atoms with Crippen LogP contribution in [0.3, 0.4) is 0 Å². The van der Waals surface area contributed by atoms with Gasteiger partial charge in [0.2, 0.25) is 5.89 Å². The summed E-state index contributed by atoms with van der Waals surface area (Å²) in [5.74, 6) is 0.679. The van der Waals surface area contributed by atoms with E-state index in [9.17, 15) is 4.79 Å². The summed E-state index contributed by atoms with van der Waals surface area (Å²) in [6.45, 7) is 4.14. The van der Waals surface area contributed by atoms with Crippen LogP contribution in [0, 0.1) is 6.92 Å². The second-order valence-corrected chi connectivity index (χ2v) is 4.31. The van der Waals surface area contributed by atoms with Crippen molar-refractivity contribution in [2.24, 2.45) is 0 Å². The van der Waals surface area contributed by atoms with Crippen LogP contribution in [-0.4, -0.2) is 23.2 Å². The summed E-state index contributed by atoms with van der Waals surface area (Å²) in [7, 11) is 1.37. The number of ether oxygens (including phenoxy) is 1. The smallest absolute Gasteiger partial charge is 0.339 e. The van der Waals surface area contributed by atoms with Gasteiger partial charge in [-0.05, 0) is 31.0 Å². The molecule has 0 bridgehead atoms. The highest BCUT2D eigenvalue weighted by molar-refractivity contribution is 5.95. The summed E-state index contributed by atoms with van der Waals surface area (Å²) in [4.78, 5) is 15.9. The van der Waals surface area contributed by atoms with Crippen LogP contribution in [0.25, 0.3) is 0 Å². The lowest BCUT2D eigenvalue weighted by Crippen LogP contribution is -2.09. The molecule has 0 aliphatic rings. The number of anilines is 1. The number of benzene rings is 1. The minimum atomic E-state index is -0.371. The monoisotopic (exact) mass is 275 g/mol. The minimum Gasteiger partial charge on any atom is -0.465 e. The van der Waals surface area contributed by atoms with Crippen LogP contribution in [0.5, 0.6) is 0 Å². The molecule has 0 spiro atoms.